The second-order valence-corrected chi connectivity index (χ2v) is 7.06. The summed E-state index contributed by atoms with van der Waals surface area (Å²) in [6.45, 7) is 0. The lowest BCUT2D eigenvalue weighted by molar-refractivity contribution is -0.384. The maximum absolute atomic E-state index is 10.9. The molecule has 0 N–H and O–H groups in total. The Hall–Kier alpha value is -3.07. The Labute approximate surface area is 168 Å². The van der Waals surface area contributed by atoms with Crippen LogP contribution in [0, 0.1) is 13.7 Å². The van der Waals surface area contributed by atoms with Crippen molar-refractivity contribution in [2.75, 3.05) is 0 Å². The smallest absolute Gasteiger partial charge is 0.258 e. The topological polar surface area (TPSA) is 73.8 Å². The fourth-order valence-corrected chi connectivity index (χ4v) is 3.06. The molecule has 1 heterocycles. The van der Waals surface area contributed by atoms with Gasteiger partial charge in [0, 0.05) is 26.8 Å². The molecular weight excluding hydrogens is 455 g/mol. The molecule has 0 aliphatic carbocycles. The summed E-state index contributed by atoms with van der Waals surface area (Å²) in [7, 11) is 0. The van der Waals surface area contributed by atoms with Crippen molar-refractivity contribution >= 4 is 28.3 Å². The molecule has 0 aliphatic rings. The fourth-order valence-electron chi connectivity index (χ4n) is 2.70. The van der Waals surface area contributed by atoms with Crippen LogP contribution in [0.3, 0.4) is 0 Å². The van der Waals surface area contributed by atoms with Gasteiger partial charge in [0.05, 0.1) is 10.6 Å². The number of nitrogens with zero attached hydrogens (tertiary/aromatic N) is 4. The molecule has 7 heteroatoms. The molecule has 0 spiro atoms. The SMILES string of the molecule is O=[N+]([O-])c1ccc(-n2nc(-c3ccccc3)nc2-c2ccc(I)cc2)cc1. The first-order chi connectivity index (χ1) is 13.1. The minimum atomic E-state index is -0.416. The molecule has 3 aromatic carbocycles. The zero-order valence-corrected chi connectivity index (χ0v) is 16.1. The van der Waals surface area contributed by atoms with Gasteiger partial charge in [0.25, 0.3) is 5.69 Å². The molecule has 0 saturated carbocycles. The summed E-state index contributed by atoms with van der Waals surface area (Å²) >= 11 is 2.25. The van der Waals surface area contributed by atoms with E-state index in [0.717, 1.165) is 14.7 Å². The number of hydrogen-bond donors (Lipinski definition) is 0. The molecule has 0 aliphatic heterocycles. The Bertz CT molecular complexity index is 1090. The van der Waals surface area contributed by atoms with Gasteiger partial charge in [-0.1, -0.05) is 42.5 Å². The van der Waals surface area contributed by atoms with Crippen LogP contribution in [0.15, 0.2) is 78.9 Å². The van der Waals surface area contributed by atoms with E-state index in [1.807, 2.05) is 54.6 Å². The van der Waals surface area contributed by atoms with Gasteiger partial charge in [0.2, 0.25) is 0 Å². The van der Waals surface area contributed by atoms with Gasteiger partial charge in [-0.05, 0) is 46.9 Å². The number of nitro groups is 1. The zero-order chi connectivity index (χ0) is 18.8. The molecular formula is C20H13IN4O2. The largest absolute Gasteiger partial charge is 0.269 e. The molecule has 0 bridgehead atoms. The van der Waals surface area contributed by atoms with Gasteiger partial charge < -0.3 is 0 Å². The average molecular weight is 468 g/mol. The van der Waals surface area contributed by atoms with Crippen molar-refractivity contribution in [1.82, 2.24) is 14.8 Å². The Morgan fingerprint density at radius 1 is 0.852 bits per heavy atom. The van der Waals surface area contributed by atoms with Crippen molar-refractivity contribution in [3.05, 3.63) is 92.5 Å². The van der Waals surface area contributed by atoms with Crippen LogP contribution < -0.4 is 0 Å². The molecule has 0 radical (unpaired) electrons. The lowest BCUT2D eigenvalue weighted by atomic mass is 10.2. The highest BCUT2D eigenvalue weighted by molar-refractivity contribution is 14.1. The van der Waals surface area contributed by atoms with Crippen molar-refractivity contribution in [1.29, 1.82) is 0 Å². The first-order valence-corrected chi connectivity index (χ1v) is 9.23. The molecule has 1 aromatic heterocycles. The van der Waals surface area contributed by atoms with Crippen LogP contribution in [0.4, 0.5) is 5.69 Å². The molecule has 0 unspecified atom stereocenters. The van der Waals surface area contributed by atoms with Crippen LogP contribution in [0.2, 0.25) is 0 Å². The summed E-state index contributed by atoms with van der Waals surface area (Å²) in [6, 6.07) is 24.0. The van der Waals surface area contributed by atoms with E-state index < -0.39 is 4.92 Å². The van der Waals surface area contributed by atoms with Crippen LogP contribution in [0.5, 0.6) is 0 Å². The highest BCUT2D eigenvalue weighted by Gasteiger charge is 2.16. The van der Waals surface area contributed by atoms with Gasteiger partial charge in [0.1, 0.15) is 0 Å². The molecule has 0 amide bonds. The van der Waals surface area contributed by atoms with Crippen molar-refractivity contribution in [3.63, 3.8) is 0 Å². The van der Waals surface area contributed by atoms with Gasteiger partial charge in [-0.15, -0.1) is 5.10 Å². The molecule has 0 atom stereocenters. The van der Waals surface area contributed by atoms with E-state index in [4.69, 9.17) is 4.98 Å². The Morgan fingerprint density at radius 3 is 2.15 bits per heavy atom. The lowest BCUT2D eigenvalue weighted by Crippen LogP contribution is -2.00. The summed E-state index contributed by atoms with van der Waals surface area (Å²) in [4.78, 5) is 15.2. The molecule has 4 rings (SSSR count). The van der Waals surface area contributed by atoms with Crippen LogP contribution in [-0.4, -0.2) is 19.7 Å². The molecule has 0 saturated heterocycles. The highest BCUT2D eigenvalue weighted by Crippen LogP contribution is 2.26. The normalized spacial score (nSPS) is 10.7. The van der Waals surface area contributed by atoms with Gasteiger partial charge in [-0.2, -0.15) is 0 Å². The summed E-state index contributed by atoms with van der Waals surface area (Å²) in [6.07, 6.45) is 0. The summed E-state index contributed by atoms with van der Waals surface area (Å²) in [5, 5.41) is 15.6. The minimum absolute atomic E-state index is 0.0398. The Kier molecular flexibility index (Phi) is 4.68. The van der Waals surface area contributed by atoms with E-state index >= 15 is 0 Å². The third kappa shape index (κ3) is 3.59. The third-order valence-electron chi connectivity index (χ3n) is 4.05. The van der Waals surface area contributed by atoms with Gasteiger partial charge in [-0.3, -0.25) is 10.1 Å². The Balaban J connectivity index is 1.86. The third-order valence-corrected chi connectivity index (χ3v) is 4.77. The highest BCUT2D eigenvalue weighted by atomic mass is 127. The van der Waals surface area contributed by atoms with Crippen LogP contribution in [-0.2, 0) is 0 Å². The zero-order valence-electron chi connectivity index (χ0n) is 14.0. The van der Waals surface area contributed by atoms with E-state index in [9.17, 15) is 10.1 Å². The molecule has 132 valence electrons. The average Bonchev–Trinajstić information content (AvgIpc) is 3.15. The summed E-state index contributed by atoms with van der Waals surface area (Å²) in [5.41, 5.74) is 2.58. The maximum atomic E-state index is 10.9. The first-order valence-electron chi connectivity index (χ1n) is 8.15. The predicted molar refractivity (Wildman–Crippen MR) is 112 cm³/mol. The Morgan fingerprint density at radius 2 is 1.52 bits per heavy atom. The van der Waals surface area contributed by atoms with Crippen molar-refractivity contribution in [2.24, 2.45) is 0 Å². The standard InChI is InChI=1S/C20H13IN4O2/c21-16-8-6-15(7-9-16)20-22-19(14-4-2-1-3-5-14)23-24(20)17-10-12-18(13-11-17)25(26)27/h1-13H. The molecule has 27 heavy (non-hydrogen) atoms. The van der Waals surface area contributed by atoms with Crippen molar-refractivity contribution < 1.29 is 4.92 Å². The van der Waals surface area contributed by atoms with Crippen molar-refractivity contribution in [3.8, 4) is 28.5 Å². The molecule has 0 fully saturated rings. The van der Waals surface area contributed by atoms with E-state index in [-0.39, 0.29) is 5.69 Å². The van der Waals surface area contributed by atoms with Gasteiger partial charge in [-0.25, -0.2) is 9.67 Å². The number of nitro benzene ring substituents is 1. The number of halogens is 1. The number of non-ortho nitro benzene ring substituents is 1. The number of rotatable bonds is 4. The predicted octanol–water partition coefficient (Wildman–Crippen LogP) is 5.11. The van der Waals surface area contributed by atoms with Crippen LogP contribution in [0.25, 0.3) is 28.5 Å². The fraction of sp³-hybridized carbons (Fsp3) is 0. The maximum Gasteiger partial charge on any atom is 0.269 e. The van der Waals surface area contributed by atoms with E-state index in [0.29, 0.717) is 17.3 Å². The summed E-state index contributed by atoms with van der Waals surface area (Å²) < 4.78 is 2.84. The second kappa shape index (κ2) is 7.28. The molecule has 4 aromatic rings. The lowest BCUT2D eigenvalue weighted by Gasteiger charge is -2.06. The second-order valence-electron chi connectivity index (χ2n) is 5.82. The number of aromatic nitrogens is 3. The minimum Gasteiger partial charge on any atom is -0.258 e. The summed E-state index contributed by atoms with van der Waals surface area (Å²) in [5.74, 6) is 1.28. The van der Waals surface area contributed by atoms with Crippen LogP contribution >= 0.6 is 22.6 Å². The van der Waals surface area contributed by atoms with Crippen molar-refractivity contribution in [2.45, 2.75) is 0 Å². The van der Waals surface area contributed by atoms with Gasteiger partial charge >= 0.3 is 0 Å². The van der Waals surface area contributed by atoms with Crippen LogP contribution in [0.1, 0.15) is 0 Å². The first kappa shape index (κ1) is 17.3. The molecule has 6 nitrogen and oxygen atoms in total. The van der Waals surface area contributed by atoms with Gasteiger partial charge in [0.15, 0.2) is 11.6 Å². The van der Waals surface area contributed by atoms with E-state index in [2.05, 4.69) is 27.7 Å². The van der Waals surface area contributed by atoms with E-state index in [1.54, 1.807) is 16.8 Å². The number of hydrogen-bond acceptors (Lipinski definition) is 4. The monoisotopic (exact) mass is 468 g/mol. The number of benzene rings is 3. The van der Waals surface area contributed by atoms with E-state index in [1.165, 1.54) is 12.1 Å². The quantitative estimate of drug-likeness (QED) is 0.237.